The first kappa shape index (κ1) is 14.8. The first-order valence-corrected chi connectivity index (χ1v) is 7.82. The second-order valence-electron chi connectivity index (χ2n) is 5.42. The van der Waals surface area contributed by atoms with E-state index in [2.05, 4.69) is 5.32 Å². The molecule has 2 unspecified atom stereocenters. The summed E-state index contributed by atoms with van der Waals surface area (Å²) in [6.45, 7) is 1.74. The van der Waals surface area contributed by atoms with Crippen molar-refractivity contribution in [1.82, 2.24) is 5.32 Å². The Morgan fingerprint density at radius 3 is 2.38 bits per heavy atom. The Morgan fingerprint density at radius 1 is 0.952 bits per heavy atom. The normalized spacial score (nSPS) is 22.2. The highest BCUT2D eigenvalue weighted by Gasteiger charge is 2.29. The Labute approximate surface area is 134 Å². The van der Waals surface area contributed by atoms with Gasteiger partial charge in [0.1, 0.15) is 5.82 Å². The minimum absolute atomic E-state index is 0.157. The van der Waals surface area contributed by atoms with Gasteiger partial charge < -0.3 is 5.32 Å². The number of piperidine rings is 1. The summed E-state index contributed by atoms with van der Waals surface area (Å²) >= 11 is 11.8. The molecule has 21 heavy (non-hydrogen) atoms. The highest BCUT2D eigenvalue weighted by molar-refractivity contribution is 6.30. The summed E-state index contributed by atoms with van der Waals surface area (Å²) in [7, 11) is 0. The molecule has 1 fully saturated rings. The van der Waals surface area contributed by atoms with E-state index in [1.54, 1.807) is 6.07 Å². The summed E-state index contributed by atoms with van der Waals surface area (Å²) in [6.07, 6.45) is 0.909. The van der Waals surface area contributed by atoms with Crippen LogP contribution in [0.5, 0.6) is 0 Å². The highest BCUT2D eigenvalue weighted by Crippen LogP contribution is 2.39. The average molecular weight is 324 g/mol. The van der Waals surface area contributed by atoms with Crippen molar-refractivity contribution in [2.75, 3.05) is 13.1 Å². The zero-order valence-corrected chi connectivity index (χ0v) is 13.0. The first-order valence-electron chi connectivity index (χ1n) is 7.06. The summed E-state index contributed by atoms with van der Waals surface area (Å²) in [5.74, 6) is 0.185. The third-order valence-corrected chi connectivity index (χ3v) is 4.63. The number of halogens is 3. The summed E-state index contributed by atoms with van der Waals surface area (Å²) < 4.78 is 14.3. The van der Waals surface area contributed by atoms with Crippen molar-refractivity contribution in [2.45, 2.75) is 18.3 Å². The second kappa shape index (κ2) is 6.35. The van der Waals surface area contributed by atoms with Gasteiger partial charge in [-0.05, 0) is 54.3 Å². The smallest absolute Gasteiger partial charge is 0.128 e. The Hall–Kier alpha value is -1.09. The first-order chi connectivity index (χ1) is 10.1. The van der Waals surface area contributed by atoms with Crippen LogP contribution in [0.1, 0.15) is 29.4 Å². The average Bonchev–Trinajstić information content (AvgIpc) is 2.48. The van der Waals surface area contributed by atoms with Gasteiger partial charge in [-0.25, -0.2) is 4.39 Å². The fourth-order valence-electron chi connectivity index (χ4n) is 3.09. The van der Waals surface area contributed by atoms with Crippen LogP contribution in [0.25, 0.3) is 0 Å². The highest BCUT2D eigenvalue weighted by atomic mass is 35.5. The van der Waals surface area contributed by atoms with E-state index in [-0.39, 0.29) is 17.7 Å². The number of hydrogen-bond donors (Lipinski definition) is 1. The van der Waals surface area contributed by atoms with Crippen LogP contribution < -0.4 is 5.32 Å². The Morgan fingerprint density at radius 2 is 1.67 bits per heavy atom. The lowest BCUT2D eigenvalue weighted by atomic mass is 9.77. The van der Waals surface area contributed by atoms with E-state index in [4.69, 9.17) is 23.2 Å². The second-order valence-corrected chi connectivity index (χ2v) is 6.30. The Balaban J connectivity index is 1.96. The fourth-order valence-corrected chi connectivity index (χ4v) is 3.38. The fraction of sp³-hybridized carbons (Fsp3) is 0.294. The van der Waals surface area contributed by atoms with Gasteiger partial charge in [0.25, 0.3) is 0 Å². The van der Waals surface area contributed by atoms with Crippen LogP contribution >= 0.6 is 23.2 Å². The molecule has 3 rings (SSSR count). The minimum Gasteiger partial charge on any atom is -0.316 e. The quantitative estimate of drug-likeness (QED) is 0.820. The van der Waals surface area contributed by atoms with Crippen molar-refractivity contribution in [1.29, 1.82) is 0 Å². The van der Waals surface area contributed by atoms with E-state index in [0.29, 0.717) is 5.02 Å². The maximum absolute atomic E-state index is 14.3. The molecule has 110 valence electrons. The molecule has 1 aliphatic rings. The van der Waals surface area contributed by atoms with Crippen LogP contribution in [0.3, 0.4) is 0 Å². The van der Waals surface area contributed by atoms with Crippen LogP contribution in [0.15, 0.2) is 42.5 Å². The monoisotopic (exact) mass is 323 g/mol. The number of benzene rings is 2. The van der Waals surface area contributed by atoms with Crippen molar-refractivity contribution in [3.63, 3.8) is 0 Å². The molecule has 1 saturated heterocycles. The van der Waals surface area contributed by atoms with Crippen molar-refractivity contribution in [3.05, 3.63) is 69.5 Å². The molecule has 1 heterocycles. The van der Waals surface area contributed by atoms with E-state index in [1.807, 2.05) is 30.3 Å². The van der Waals surface area contributed by atoms with Gasteiger partial charge in [0.2, 0.25) is 0 Å². The summed E-state index contributed by atoms with van der Waals surface area (Å²) in [6, 6.07) is 12.8. The molecule has 2 aromatic carbocycles. The zero-order valence-electron chi connectivity index (χ0n) is 11.5. The van der Waals surface area contributed by atoms with Crippen LogP contribution in [-0.2, 0) is 0 Å². The van der Waals surface area contributed by atoms with Crippen molar-refractivity contribution >= 4 is 23.2 Å². The predicted molar refractivity (Wildman–Crippen MR) is 85.8 cm³/mol. The van der Waals surface area contributed by atoms with Crippen molar-refractivity contribution < 1.29 is 4.39 Å². The zero-order chi connectivity index (χ0) is 14.8. The molecule has 0 aliphatic carbocycles. The molecule has 1 aliphatic heterocycles. The van der Waals surface area contributed by atoms with E-state index in [9.17, 15) is 4.39 Å². The molecule has 0 saturated carbocycles. The van der Waals surface area contributed by atoms with Crippen LogP contribution in [0.2, 0.25) is 10.0 Å². The summed E-state index contributed by atoms with van der Waals surface area (Å²) in [5.41, 5.74) is 1.94. The van der Waals surface area contributed by atoms with E-state index in [1.165, 1.54) is 11.6 Å². The molecule has 1 nitrogen and oxygen atoms in total. The van der Waals surface area contributed by atoms with Gasteiger partial charge in [-0.1, -0.05) is 41.4 Å². The van der Waals surface area contributed by atoms with E-state index < -0.39 is 0 Å². The lowest BCUT2D eigenvalue weighted by Crippen LogP contribution is -2.34. The van der Waals surface area contributed by atoms with Crippen LogP contribution in [0, 0.1) is 5.82 Å². The molecular formula is C17H16Cl2FN. The van der Waals surface area contributed by atoms with Gasteiger partial charge in [0.15, 0.2) is 0 Å². The summed E-state index contributed by atoms with van der Waals surface area (Å²) in [5, 5.41) is 4.55. The third kappa shape index (κ3) is 3.23. The largest absolute Gasteiger partial charge is 0.316 e. The lowest BCUT2D eigenvalue weighted by molar-refractivity contribution is 0.393. The third-order valence-electron chi connectivity index (χ3n) is 4.14. The number of nitrogens with one attached hydrogen (secondary N) is 1. The molecule has 0 amide bonds. The van der Waals surface area contributed by atoms with Crippen LogP contribution in [0.4, 0.5) is 4.39 Å². The number of rotatable bonds is 2. The standard InChI is InChI=1S/C17H16Cl2FN/c18-12-3-1-11(2-4-12)16-10-21-8-7-14(16)15-6-5-13(19)9-17(15)20/h1-6,9,14,16,21H,7-8,10H2. The van der Waals surface area contributed by atoms with Gasteiger partial charge in [-0.2, -0.15) is 0 Å². The molecule has 0 spiro atoms. The molecule has 4 heteroatoms. The van der Waals surface area contributed by atoms with Gasteiger partial charge >= 0.3 is 0 Å². The molecule has 0 radical (unpaired) electrons. The Bertz CT molecular complexity index is 627. The molecule has 0 bridgehead atoms. The van der Waals surface area contributed by atoms with Gasteiger partial charge in [-0.3, -0.25) is 0 Å². The maximum atomic E-state index is 14.3. The molecule has 2 atom stereocenters. The van der Waals surface area contributed by atoms with E-state index in [0.717, 1.165) is 30.1 Å². The molecule has 0 aromatic heterocycles. The Kier molecular flexibility index (Phi) is 4.48. The molecule has 1 N–H and O–H groups in total. The number of hydrogen-bond acceptors (Lipinski definition) is 1. The van der Waals surface area contributed by atoms with Gasteiger partial charge in [0, 0.05) is 22.5 Å². The SMILES string of the molecule is Fc1cc(Cl)ccc1C1CCNCC1c1ccc(Cl)cc1. The maximum Gasteiger partial charge on any atom is 0.128 e. The van der Waals surface area contributed by atoms with E-state index >= 15 is 0 Å². The van der Waals surface area contributed by atoms with Crippen molar-refractivity contribution in [3.8, 4) is 0 Å². The van der Waals surface area contributed by atoms with Crippen molar-refractivity contribution in [2.24, 2.45) is 0 Å². The predicted octanol–water partition coefficient (Wildman–Crippen LogP) is 4.99. The summed E-state index contributed by atoms with van der Waals surface area (Å²) in [4.78, 5) is 0. The minimum atomic E-state index is -0.214. The van der Waals surface area contributed by atoms with Crippen LogP contribution in [-0.4, -0.2) is 13.1 Å². The molecule has 2 aromatic rings. The van der Waals surface area contributed by atoms with Gasteiger partial charge in [-0.15, -0.1) is 0 Å². The topological polar surface area (TPSA) is 12.0 Å². The molecular weight excluding hydrogens is 308 g/mol. The van der Waals surface area contributed by atoms with Gasteiger partial charge in [0.05, 0.1) is 0 Å². The lowest BCUT2D eigenvalue weighted by Gasteiger charge is -2.33.